The van der Waals surface area contributed by atoms with Crippen molar-refractivity contribution in [3.63, 3.8) is 0 Å². The van der Waals surface area contributed by atoms with Gasteiger partial charge in [0, 0.05) is 0 Å². The molecule has 0 bridgehead atoms. The van der Waals surface area contributed by atoms with E-state index in [-0.39, 0.29) is 12.4 Å². The van der Waals surface area contributed by atoms with Gasteiger partial charge in [-0.2, -0.15) is 0 Å². The zero-order valence-corrected chi connectivity index (χ0v) is 14.3. The van der Waals surface area contributed by atoms with Crippen LogP contribution >= 0.6 is 22.6 Å². The van der Waals surface area contributed by atoms with Crippen molar-refractivity contribution >= 4 is 22.6 Å². The van der Waals surface area contributed by atoms with Crippen molar-refractivity contribution in [2.45, 2.75) is 52.4 Å². The highest BCUT2D eigenvalue weighted by molar-refractivity contribution is 14.1. The molecule has 0 unspecified atom stereocenters. The fraction of sp³-hybridized carbons (Fsp3) is 0.857. The van der Waals surface area contributed by atoms with E-state index in [4.69, 9.17) is 6.42 Å². The van der Waals surface area contributed by atoms with Crippen LogP contribution in [0.3, 0.4) is 0 Å². The third-order valence-electron chi connectivity index (χ3n) is 3.15. The van der Waals surface area contributed by atoms with Crippen LogP contribution in [-0.2, 0) is 0 Å². The number of hydrogen-bond acceptors (Lipinski definition) is 0. The molecule has 0 aliphatic rings. The maximum atomic E-state index is 5.53. The molecule has 0 amide bonds. The molecule has 0 aliphatic heterocycles. The van der Waals surface area contributed by atoms with Crippen molar-refractivity contribution in [1.82, 2.24) is 0 Å². The molecule has 0 aromatic rings. The van der Waals surface area contributed by atoms with Crippen LogP contribution in [0.2, 0.25) is 0 Å². The zero-order chi connectivity index (χ0) is 12.3. The predicted octanol–water partition coefficient (Wildman–Crippen LogP) is 1.21. The molecule has 0 N–H and O–H groups in total. The smallest absolute Gasteiger partial charge is 0.141 e. The predicted molar refractivity (Wildman–Crippen MR) is 81.6 cm³/mol. The van der Waals surface area contributed by atoms with Gasteiger partial charge in [0.25, 0.3) is 0 Å². The van der Waals surface area contributed by atoms with Gasteiger partial charge in [-0.15, -0.1) is 6.42 Å². The third-order valence-corrected chi connectivity index (χ3v) is 4.60. The highest BCUT2D eigenvalue weighted by Gasteiger charge is 2.23. The molecule has 17 heavy (non-hydrogen) atoms. The van der Waals surface area contributed by atoms with Crippen LogP contribution in [0.1, 0.15) is 52.4 Å². The molecule has 0 saturated heterocycles. The van der Waals surface area contributed by atoms with Crippen molar-refractivity contribution in [2.24, 2.45) is 0 Å². The van der Waals surface area contributed by atoms with Crippen LogP contribution in [-0.4, -0.2) is 28.7 Å². The minimum atomic E-state index is 0. The Morgan fingerprint density at radius 2 is 1.47 bits per heavy atom. The van der Waals surface area contributed by atoms with Crippen molar-refractivity contribution in [3.05, 3.63) is 0 Å². The first kappa shape index (κ1) is 19.9. The molecule has 102 valence electrons. The number of hydrogen-bond donors (Lipinski definition) is 0. The Hall–Kier alpha value is 0.540. The Morgan fingerprint density at radius 3 is 1.76 bits per heavy atom. The Balaban J connectivity index is 0. The van der Waals surface area contributed by atoms with E-state index in [9.17, 15) is 0 Å². The minimum absolute atomic E-state index is 0. The molecule has 0 radical (unpaired) electrons. The lowest BCUT2D eigenvalue weighted by Gasteiger charge is -2.35. The summed E-state index contributed by atoms with van der Waals surface area (Å²) in [5.74, 6) is 2.88. The van der Waals surface area contributed by atoms with Gasteiger partial charge in [0.15, 0.2) is 0 Å². The molecule has 0 fully saturated rings. The third kappa shape index (κ3) is 9.16. The quantitative estimate of drug-likeness (QED) is 0.135. The minimum Gasteiger partial charge on any atom is -1.00 e. The number of nitrogens with zero attached hydrogens (tertiary/aromatic N) is 1. The van der Waals surface area contributed by atoms with Crippen LogP contribution in [0.4, 0.5) is 0 Å². The summed E-state index contributed by atoms with van der Waals surface area (Å²) < 4.78 is 2.30. The fourth-order valence-corrected chi connectivity index (χ4v) is 2.94. The van der Waals surface area contributed by atoms with Gasteiger partial charge in [-0.25, -0.2) is 0 Å². The number of alkyl halides is 1. The van der Waals surface area contributed by atoms with E-state index in [2.05, 4.69) is 42.4 Å². The molecule has 0 spiro atoms. The topological polar surface area (TPSA) is 0 Å². The van der Waals surface area contributed by atoms with E-state index in [0.29, 0.717) is 0 Å². The summed E-state index contributed by atoms with van der Waals surface area (Å²) in [5, 5.41) is 0. The van der Waals surface area contributed by atoms with Crippen molar-refractivity contribution in [2.75, 3.05) is 24.2 Å². The van der Waals surface area contributed by atoms with Crippen LogP contribution < -0.4 is 12.4 Å². The lowest BCUT2D eigenvalue weighted by molar-refractivity contribution is -0.906. The number of unbranched alkanes of at least 4 members (excludes halogenated alkanes) is 4. The van der Waals surface area contributed by atoms with Crippen molar-refractivity contribution in [1.29, 1.82) is 0 Å². The number of terminal acetylenes is 1. The summed E-state index contributed by atoms with van der Waals surface area (Å²) in [5.41, 5.74) is 0. The van der Waals surface area contributed by atoms with Gasteiger partial charge in [-0.1, -0.05) is 26.7 Å². The van der Waals surface area contributed by atoms with E-state index < -0.39 is 0 Å². The van der Waals surface area contributed by atoms with Crippen LogP contribution in [0.25, 0.3) is 0 Å². The molecule has 1 nitrogen and oxygen atoms in total. The average molecular weight is 372 g/mol. The van der Waals surface area contributed by atoms with E-state index in [1.54, 1.807) is 0 Å². The molecular weight excluding hydrogens is 345 g/mol. The summed E-state index contributed by atoms with van der Waals surface area (Å²) in [6.07, 6.45) is 13.5. The first-order chi connectivity index (χ1) is 7.74. The van der Waals surface area contributed by atoms with E-state index in [1.165, 1.54) is 51.6 Å². The first-order valence-electron chi connectivity index (χ1n) is 6.59. The van der Waals surface area contributed by atoms with Gasteiger partial charge in [-0.05, 0) is 54.2 Å². The normalized spacial score (nSPS) is 10.7. The monoisotopic (exact) mass is 371 g/mol. The molecule has 0 aliphatic carbocycles. The van der Waals surface area contributed by atoms with Crippen LogP contribution in [0.15, 0.2) is 0 Å². The zero-order valence-electron chi connectivity index (χ0n) is 11.4. The van der Waals surface area contributed by atoms with Crippen LogP contribution in [0.5, 0.6) is 0 Å². The average Bonchev–Trinajstić information content (AvgIpc) is 2.29. The van der Waals surface area contributed by atoms with E-state index >= 15 is 0 Å². The second-order valence-corrected chi connectivity index (χ2v) is 5.37. The molecule has 0 aromatic heterocycles. The lowest BCUT2D eigenvalue weighted by Crippen LogP contribution is -3.00. The maximum absolute atomic E-state index is 5.53. The summed E-state index contributed by atoms with van der Waals surface area (Å²) in [6, 6.07) is 0. The Labute approximate surface area is 128 Å². The molecule has 0 heterocycles. The molecule has 0 rings (SSSR count). The maximum Gasteiger partial charge on any atom is 0.141 e. The van der Waals surface area contributed by atoms with Gasteiger partial charge in [-0.3, -0.25) is 0 Å². The number of quaternary nitrogens is 1. The van der Waals surface area contributed by atoms with Gasteiger partial charge >= 0.3 is 0 Å². The van der Waals surface area contributed by atoms with Crippen molar-refractivity contribution < 1.29 is 16.9 Å². The molecule has 0 atom stereocenters. The second-order valence-electron chi connectivity index (χ2n) is 4.68. The molecular formula is C14H27ClIN. The Bertz CT molecular complexity index is 191. The second kappa shape index (κ2) is 13.0. The summed E-state index contributed by atoms with van der Waals surface area (Å²) >= 11 is 2.51. The van der Waals surface area contributed by atoms with Crippen LogP contribution in [0, 0.1) is 12.3 Å². The van der Waals surface area contributed by atoms with Crippen molar-refractivity contribution in [3.8, 4) is 12.3 Å². The fourth-order valence-electron chi connectivity index (χ4n) is 2.02. The Kier molecular flexibility index (Phi) is 15.2. The van der Waals surface area contributed by atoms with E-state index in [0.717, 1.165) is 15.6 Å². The highest BCUT2D eigenvalue weighted by atomic mass is 127. The number of rotatable bonds is 10. The summed E-state index contributed by atoms with van der Waals surface area (Å²) in [4.78, 5) is 0. The number of halogens is 2. The van der Waals surface area contributed by atoms with E-state index in [1.807, 2.05) is 0 Å². The Morgan fingerprint density at radius 1 is 1.00 bits per heavy atom. The summed E-state index contributed by atoms with van der Waals surface area (Å²) in [7, 11) is 0. The highest BCUT2D eigenvalue weighted by Crippen LogP contribution is 2.15. The SMILES string of the molecule is C#CC[N+](CI)(CCCCC)CCCCC.[Cl-]. The van der Waals surface area contributed by atoms with Gasteiger partial charge in [0.05, 0.1) is 13.1 Å². The largest absolute Gasteiger partial charge is 1.00 e. The lowest BCUT2D eigenvalue weighted by atomic mass is 10.2. The summed E-state index contributed by atoms with van der Waals surface area (Å²) in [6.45, 7) is 7.97. The van der Waals surface area contributed by atoms with Gasteiger partial charge in [0.1, 0.15) is 11.1 Å². The van der Waals surface area contributed by atoms with Gasteiger partial charge < -0.3 is 16.9 Å². The van der Waals surface area contributed by atoms with Gasteiger partial charge in [0.2, 0.25) is 0 Å². The first-order valence-corrected chi connectivity index (χ1v) is 8.11. The molecule has 0 aromatic carbocycles. The molecule has 0 saturated carbocycles. The standard InChI is InChI=1S/C14H27IN.ClH/c1-4-7-9-12-16(14-15,11-6-3)13-10-8-5-2;/h3H,4-5,7-14H2,1-2H3;1H/q+1;/p-1. The molecule has 3 heteroatoms.